The zero-order valence-electron chi connectivity index (χ0n) is 20.6. The number of allylic oxidation sites excluding steroid dienone is 1. The van der Waals surface area contributed by atoms with Crippen LogP contribution >= 0.6 is 0 Å². The van der Waals surface area contributed by atoms with Gasteiger partial charge >= 0.3 is 5.97 Å². The molecule has 0 radical (unpaired) electrons. The first kappa shape index (κ1) is 24.1. The summed E-state index contributed by atoms with van der Waals surface area (Å²) in [5, 5.41) is 10.3. The minimum Gasteiger partial charge on any atom is -0.504 e. The fourth-order valence-electron chi connectivity index (χ4n) is 4.69. The van der Waals surface area contributed by atoms with Gasteiger partial charge in [-0.3, -0.25) is 9.59 Å². The minimum atomic E-state index is -0.509. The Labute approximate surface area is 212 Å². The molecule has 2 heterocycles. The maximum Gasteiger partial charge on any atom is 0.312 e. The van der Waals surface area contributed by atoms with E-state index in [1.807, 2.05) is 0 Å². The number of hydrogen-bond donors (Lipinski definition) is 1. The van der Waals surface area contributed by atoms with Crippen LogP contribution in [0.1, 0.15) is 39.4 Å². The average molecular weight is 504 g/mol. The van der Waals surface area contributed by atoms with Gasteiger partial charge in [-0.1, -0.05) is 6.07 Å². The van der Waals surface area contributed by atoms with Crippen molar-refractivity contribution in [3.05, 3.63) is 70.5 Å². The first-order valence-corrected chi connectivity index (χ1v) is 11.4. The van der Waals surface area contributed by atoms with Crippen molar-refractivity contribution in [2.24, 2.45) is 0 Å². The number of benzene rings is 3. The second-order valence-electron chi connectivity index (χ2n) is 8.38. The normalized spacial score (nSPS) is 17.0. The van der Waals surface area contributed by atoms with Gasteiger partial charge in [0.2, 0.25) is 11.5 Å². The molecule has 3 aromatic carbocycles. The summed E-state index contributed by atoms with van der Waals surface area (Å²) in [5.41, 5.74) is 2.09. The molecule has 0 aromatic heterocycles. The summed E-state index contributed by atoms with van der Waals surface area (Å²) in [5.74, 6) is 0.889. The van der Waals surface area contributed by atoms with E-state index in [-0.39, 0.29) is 23.7 Å². The minimum absolute atomic E-state index is 0.00925. The predicted octanol–water partition coefficient (Wildman–Crippen LogP) is 4.48. The van der Waals surface area contributed by atoms with E-state index in [4.69, 9.17) is 28.4 Å². The van der Waals surface area contributed by atoms with E-state index in [1.54, 1.807) is 42.5 Å². The van der Waals surface area contributed by atoms with Gasteiger partial charge in [-0.05, 0) is 48.0 Å². The molecule has 1 atom stereocenters. The highest BCUT2D eigenvalue weighted by Gasteiger charge is 2.39. The number of methoxy groups -OCH3 is 4. The molecule has 0 fully saturated rings. The highest BCUT2D eigenvalue weighted by molar-refractivity contribution is 6.15. The molecule has 1 N–H and O–H groups in total. The lowest BCUT2D eigenvalue weighted by molar-refractivity contribution is -0.135. The molecule has 190 valence electrons. The molecule has 2 aliphatic heterocycles. The van der Waals surface area contributed by atoms with Gasteiger partial charge in [0.05, 0.1) is 40.4 Å². The van der Waals surface area contributed by atoms with Crippen LogP contribution in [0.2, 0.25) is 0 Å². The number of carbonyl (C=O) groups is 2. The third kappa shape index (κ3) is 3.98. The van der Waals surface area contributed by atoms with Gasteiger partial charge < -0.3 is 33.5 Å². The number of carbonyl (C=O) groups excluding carboxylic acids is 2. The molecule has 0 saturated heterocycles. The monoisotopic (exact) mass is 504 g/mol. The molecule has 3 aromatic rings. The van der Waals surface area contributed by atoms with Crippen molar-refractivity contribution >= 4 is 17.8 Å². The number of esters is 1. The summed E-state index contributed by atoms with van der Waals surface area (Å²) in [6.45, 7) is 0. The van der Waals surface area contributed by atoms with E-state index in [9.17, 15) is 14.7 Å². The Kier molecular flexibility index (Phi) is 6.12. The molecule has 0 bridgehead atoms. The van der Waals surface area contributed by atoms with Crippen LogP contribution in [-0.4, -0.2) is 45.3 Å². The van der Waals surface area contributed by atoms with Crippen LogP contribution in [0.15, 0.2) is 48.2 Å². The van der Waals surface area contributed by atoms with Gasteiger partial charge in [-0.15, -0.1) is 0 Å². The van der Waals surface area contributed by atoms with E-state index in [2.05, 4.69) is 0 Å². The Balaban J connectivity index is 1.60. The Morgan fingerprint density at radius 3 is 2.27 bits per heavy atom. The Hall–Kier alpha value is -4.66. The maximum atomic E-state index is 13.4. The number of aromatic hydroxyl groups is 1. The number of rotatable bonds is 6. The number of hydrogen-bond acceptors (Lipinski definition) is 9. The Morgan fingerprint density at radius 1 is 0.865 bits per heavy atom. The molecule has 0 saturated carbocycles. The third-order valence-electron chi connectivity index (χ3n) is 6.41. The van der Waals surface area contributed by atoms with Crippen molar-refractivity contribution in [3.63, 3.8) is 0 Å². The second-order valence-corrected chi connectivity index (χ2v) is 8.38. The summed E-state index contributed by atoms with van der Waals surface area (Å²) in [4.78, 5) is 25.8. The van der Waals surface area contributed by atoms with Crippen molar-refractivity contribution in [1.29, 1.82) is 0 Å². The molecule has 0 amide bonds. The van der Waals surface area contributed by atoms with Crippen LogP contribution < -0.4 is 28.4 Å². The van der Waals surface area contributed by atoms with Gasteiger partial charge in [0.25, 0.3) is 0 Å². The Morgan fingerprint density at radius 2 is 1.59 bits per heavy atom. The number of Topliss-reactive ketones (excluding diaryl/α,β-unsaturated/α-hetero) is 1. The smallest absolute Gasteiger partial charge is 0.312 e. The van der Waals surface area contributed by atoms with Crippen molar-refractivity contribution < 1.29 is 43.1 Å². The van der Waals surface area contributed by atoms with E-state index in [1.165, 1.54) is 34.5 Å². The lowest BCUT2D eigenvalue weighted by Gasteiger charge is -2.26. The highest BCUT2D eigenvalue weighted by atomic mass is 16.5. The molecular formula is C28H24O9. The predicted molar refractivity (Wildman–Crippen MR) is 132 cm³/mol. The van der Waals surface area contributed by atoms with Crippen LogP contribution in [0, 0.1) is 0 Å². The largest absolute Gasteiger partial charge is 0.504 e. The first-order valence-electron chi connectivity index (χ1n) is 11.4. The summed E-state index contributed by atoms with van der Waals surface area (Å²) in [7, 11) is 5.96. The highest BCUT2D eigenvalue weighted by Crippen LogP contribution is 2.50. The summed E-state index contributed by atoms with van der Waals surface area (Å²) in [6.07, 6.45) is 1.58. The van der Waals surface area contributed by atoms with Gasteiger partial charge in [0.1, 0.15) is 11.5 Å². The standard InChI is InChI=1S/C28H24O9/c1-32-19-8-5-14(11-18(19)29)17-13-23(30)36-20-10-7-16-25(31)22(37-27(16)24(17)20)12-15-6-9-21(33-2)28(35-4)26(15)34-3/h5-12,17,29H,13H2,1-4H3/b22-12+/t17-/m0/s1. The lowest BCUT2D eigenvalue weighted by Crippen LogP contribution is -2.21. The molecule has 0 unspecified atom stereocenters. The fourth-order valence-corrected chi connectivity index (χ4v) is 4.69. The zero-order chi connectivity index (χ0) is 26.3. The maximum absolute atomic E-state index is 13.4. The molecule has 0 spiro atoms. The van der Waals surface area contributed by atoms with Crippen LogP contribution in [0.3, 0.4) is 0 Å². The Bertz CT molecular complexity index is 1450. The van der Waals surface area contributed by atoms with Crippen molar-refractivity contribution in [2.45, 2.75) is 12.3 Å². The van der Waals surface area contributed by atoms with Crippen LogP contribution in [-0.2, 0) is 4.79 Å². The van der Waals surface area contributed by atoms with Crippen molar-refractivity contribution in [1.82, 2.24) is 0 Å². The molecule has 5 rings (SSSR count). The fraction of sp³-hybridized carbons (Fsp3) is 0.214. The molecule has 2 aliphatic rings. The summed E-state index contributed by atoms with van der Waals surface area (Å²) < 4.78 is 33.0. The first-order chi connectivity index (χ1) is 17.9. The van der Waals surface area contributed by atoms with E-state index in [0.717, 1.165) is 0 Å². The molecular weight excluding hydrogens is 480 g/mol. The van der Waals surface area contributed by atoms with Crippen LogP contribution in [0.25, 0.3) is 6.08 Å². The van der Waals surface area contributed by atoms with Crippen molar-refractivity contribution in [2.75, 3.05) is 28.4 Å². The van der Waals surface area contributed by atoms with Crippen molar-refractivity contribution in [3.8, 4) is 40.2 Å². The van der Waals surface area contributed by atoms with E-state index < -0.39 is 11.9 Å². The average Bonchev–Trinajstić information content (AvgIpc) is 3.22. The van der Waals surface area contributed by atoms with Crippen LogP contribution in [0.5, 0.6) is 40.2 Å². The topological polar surface area (TPSA) is 110 Å². The number of ketones is 1. The molecule has 37 heavy (non-hydrogen) atoms. The lowest BCUT2D eigenvalue weighted by atomic mass is 9.84. The molecule has 9 nitrogen and oxygen atoms in total. The van der Waals surface area contributed by atoms with Gasteiger partial charge in [-0.25, -0.2) is 0 Å². The zero-order valence-corrected chi connectivity index (χ0v) is 20.6. The van der Waals surface area contributed by atoms with E-state index >= 15 is 0 Å². The molecule has 9 heteroatoms. The quantitative estimate of drug-likeness (QED) is 0.295. The van der Waals surface area contributed by atoms with Crippen LogP contribution in [0.4, 0.5) is 0 Å². The van der Waals surface area contributed by atoms with Gasteiger partial charge in [0.15, 0.2) is 28.8 Å². The summed E-state index contributed by atoms with van der Waals surface area (Å²) >= 11 is 0. The number of phenols is 1. The number of phenolic OH excluding ortho intramolecular Hbond substituents is 1. The summed E-state index contributed by atoms with van der Waals surface area (Å²) in [6, 6.07) is 11.5. The van der Waals surface area contributed by atoms with Gasteiger partial charge in [0, 0.05) is 17.0 Å². The third-order valence-corrected chi connectivity index (χ3v) is 6.41. The number of ether oxygens (including phenoxy) is 6. The van der Waals surface area contributed by atoms with E-state index in [0.29, 0.717) is 56.8 Å². The number of fused-ring (bicyclic) bond motifs is 3. The molecule has 0 aliphatic carbocycles. The van der Waals surface area contributed by atoms with Gasteiger partial charge in [-0.2, -0.15) is 0 Å². The SMILES string of the molecule is COc1ccc([C@@H]2CC(=O)Oc3ccc4c(c32)O/C(=C/c2ccc(OC)c(OC)c2OC)C4=O)cc1O. The second kappa shape index (κ2) is 9.42.